The molecule has 0 aliphatic carbocycles. The van der Waals surface area contributed by atoms with Crippen LogP contribution in [0.25, 0.3) is 0 Å². The maximum atomic E-state index is 16.0. The molecule has 0 radical (unpaired) electrons. The number of anilines is 1. The lowest BCUT2D eigenvalue weighted by molar-refractivity contribution is -0.385. The largest absolute Gasteiger partial charge is 0.394 e. The highest BCUT2D eigenvalue weighted by molar-refractivity contribution is 6.72. The number of fused-ring (bicyclic) bond motifs is 2. The predicted octanol–water partition coefficient (Wildman–Crippen LogP) is 4.29. The van der Waals surface area contributed by atoms with E-state index in [1.807, 2.05) is 30.3 Å². The van der Waals surface area contributed by atoms with Crippen molar-refractivity contribution >= 4 is 31.6 Å². The maximum absolute atomic E-state index is 16.0. The molecule has 0 bridgehead atoms. The number of benzene rings is 2. The summed E-state index contributed by atoms with van der Waals surface area (Å²) in [7, 11) is -3.51. The topological polar surface area (TPSA) is 113 Å². The zero-order chi connectivity index (χ0) is 28.1. The molecule has 2 aromatic carbocycles. The molecule has 39 heavy (non-hydrogen) atoms. The quantitative estimate of drug-likeness (QED) is 0.236. The fraction of sp³-hybridized carbons (Fsp3) is 0.500. The molecule has 3 aliphatic heterocycles. The van der Waals surface area contributed by atoms with Gasteiger partial charge in [0.05, 0.1) is 42.3 Å². The Hall–Kier alpha value is -3.15. The molecule has 5 atom stereocenters. The van der Waals surface area contributed by atoms with E-state index >= 15 is 4.11 Å². The Bertz CT molecular complexity index is 1290. The molecule has 3 heterocycles. The van der Waals surface area contributed by atoms with Crippen molar-refractivity contribution in [2.24, 2.45) is 5.92 Å². The number of rotatable bonds is 7. The predicted molar refractivity (Wildman–Crippen MR) is 145 cm³/mol. The van der Waals surface area contributed by atoms with Crippen LogP contribution in [0.4, 0.5) is 15.5 Å². The smallest absolute Gasteiger partial charge is 0.269 e. The highest BCUT2D eigenvalue weighted by atomic mass is 28.4. The lowest BCUT2D eigenvalue weighted by Crippen LogP contribution is -2.45. The molecule has 208 valence electrons. The van der Waals surface area contributed by atoms with Crippen molar-refractivity contribution < 1.29 is 28.5 Å². The van der Waals surface area contributed by atoms with Gasteiger partial charge in [0, 0.05) is 35.7 Å². The lowest BCUT2D eigenvalue weighted by Gasteiger charge is -2.31. The maximum Gasteiger partial charge on any atom is 0.269 e. The molecule has 2 amide bonds. The van der Waals surface area contributed by atoms with Crippen molar-refractivity contribution in [1.82, 2.24) is 4.90 Å². The van der Waals surface area contributed by atoms with Gasteiger partial charge in [0.2, 0.25) is 14.3 Å². The van der Waals surface area contributed by atoms with E-state index < -0.39 is 42.4 Å². The highest BCUT2D eigenvalue weighted by Gasteiger charge is 2.67. The molecule has 0 unspecified atom stereocenters. The Balaban J connectivity index is 1.58. The summed E-state index contributed by atoms with van der Waals surface area (Å²) in [6.45, 7) is 5.46. The lowest BCUT2D eigenvalue weighted by atomic mass is 9.82. The molecule has 5 rings (SSSR count). The number of carbonyl (C=O) groups is 2. The summed E-state index contributed by atoms with van der Waals surface area (Å²) >= 11 is 0. The molecule has 9 nitrogen and oxygen atoms in total. The van der Waals surface area contributed by atoms with Crippen molar-refractivity contribution in [2.75, 3.05) is 18.1 Å². The zero-order valence-corrected chi connectivity index (χ0v) is 23.4. The van der Waals surface area contributed by atoms with Gasteiger partial charge < -0.3 is 23.8 Å². The third kappa shape index (κ3) is 4.56. The Kier molecular flexibility index (Phi) is 7.10. The van der Waals surface area contributed by atoms with Gasteiger partial charge in [-0.15, -0.1) is 0 Å². The molecule has 1 N–H and O–H groups in total. The van der Waals surface area contributed by atoms with Crippen molar-refractivity contribution in [3.05, 3.63) is 69.8 Å². The summed E-state index contributed by atoms with van der Waals surface area (Å²) in [6, 6.07) is 13.4. The summed E-state index contributed by atoms with van der Waals surface area (Å²) in [5.74, 6) is -1.31. The highest BCUT2D eigenvalue weighted by Crippen LogP contribution is 2.60. The molecule has 2 fully saturated rings. The third-order valence-electron chi connectivity index (χ3n) is 8.62. The van der Waals surface area contributed by atoms with Crippen molar-refractivity contribution in [3.8, 4) is 0 Å². The standard InChI is InChI=1S/C28H34FN3O6Si/c1-18-26(39(2,3)29)24(15-25(34)30-13-7-10-21(30)17-33)38-28(18)22-14-20(32(36)37)11-12-23(22)31(27(28)35)16-19-8-5-4-6-9-19/h4-6,8-9,11-12,14,18,21,24,26,33H,7,10,13,15-17H2,1-3H3/t18-,21+,24+,26-,28+/m1/s1. The SMILES string of the molecule is C[C@@H]1[C@@H]([Si](C)(C)F)[C@H](CC(=O)N2CCC[C@H]2CO)O[C@@]12C(=O)N(Cc1ccccc1)c1ccc([N+](=O)[O-])cc12. The number of nitro groups is 1. The van der Waals surface area contributed by atoms with E-state index in [1.165, 1.54) is 12.1 Å². The second-order valence-corrected chi connectivity index (χ2v) is 15.2. The Morgan fingerprint density at radius 2 is 1.97 bits per heavy atom. The second-order valence-electron chi connectivity index (χ2n) is 11.4. The Morgan fingerprint density at radius 1 is 1.26 bits per heavy atom. The van der Waals surface area contributed by atoms with Gasteiger partial charge in [0.1, 0.15) is 0 Å². The van der Waals surface area contributed by atoms with Gasteiger partial charge in [-0.1, -0.05) is 37.3 Å². The number of hydrogen-bond acceptors (Lipinski definition) is 6. The summed E-state index contributed by atoms with van der Waals surface area (Å²) in [5.41, 5.74) is -0.838. The number of ether oxygens (including phenoxy) is 1. The number of non-ortho nitro benzene ring substituents is 1. The number of nitrogens with zero attached hydrogens (tertiary/aromatic N) is 3. The van der Waals surface area contributed by atoms with E-state index in [0.717, 1.165) is 12.0 Å². The van der Waals surface area contributed by atoms with Crippen LogP contribution in [0.2, 0.25) is 18.6 Å². The first-order valence-electron chi connectivity index (χ1n) is 13.4. The van der Waals surface area contributed by atoms with Crippen molar-refractivity contribution in [1.29, 1.82) is 0 Å². The minimum atomic E-state index is -3.51. The number of aliphatic hydroxyl groups is 1. The van der Waals surface area contributed by atoms with E-state index in [1.54, 1.807) is 35.9 Å². The Morgan fingerprint density at radius 3 is 2.62 bits per heavy atom. The van der Waals surface area contributed by atoms with Gasteiger partial charge in [-0.25, -0.2) is 0 Å². The average Bonchev–Trinajstić information content (AvgIpc) is 3.55. The van der Waals surface area contributed by atoms with Crippen LogP contribution in [0.1, 0.15) is 37.3 Å². The molecular formula is C28H34FN3O6Si. The van der Waals surface area contributed by atoms with E-state index in [-0.39, 0.29) is 37.2 Å². The van der Waals surface area contributed by atoms with Crippen molar-refractivity contribution in [2.45, 2.75) is 69.1 Å². The number of amides is 2. The number of likely N-dealkylation sites (tertiary alicyclic amines) is 1. The Labute approximate surface area is 227 Å². The third-order valence-corrected chi connectivity index (χ3v) is 11.1. The zero-order valence-electron chi connectivity index (χ0n) is 22.4. The van der Waals surface area contributed by atoms with Gasteiger partial charge >= 0.3 is 0 Å². The minimum Gasteiger partial charge on any atom is -0.394 e. The van der Waals surface area contributed by atoms with Crippen LogP contribution < -0.4 is 4.90 Å². The summed E-state index contributed by atoms with van der Waals surface area (Å²) in [5, 5.41) is 21.4. The average molecular weight is 556 g/mol. The normalized spacial score (nSPS) is 28.4. The number of hydrogen-bond donors (Lipinski definition) is 1. The second kappa shape index (κ2) is 10.1. The van der Waals surface area contributed by atoms with Crippen LogP contribution in [-0.2, 0) is 26.5 Å². The molecule has 1 spiro atoms. The first-order valence-corrected chi connectivity index (χ1v) is 16.4. The van der Waals surface area contributed by atoms with Gasteiger partial charge in [-0.3, -0.25) is 19.7 Å². The van der Waals surface area contributed by atoms with Crippen LogP contribution in [-0.4, -0.2) is 60.4 Å². The number of nitro benzene ring substituents is 1. The van der Waals surface area contributed by atoms with Crippen LogP contribution in [0.5, 0.6) is 0 Å². The molecular weight excluding hydrogens is 521 g/mol. The van der Waals surface area contributed by atoms with E-state index in [0.29, 0.717) is 24.2 Å². The molecule has 0 aromatic heterocycles. The fourth-order valence-corrected chi connectivity index (χ4v) is 9.41. The monoisotopic (exact) mass is 555 g/mol. The minimum absolute atomic E-state index is 0.121. The summed E-state index contributed by atoms with van der Waals surface area (Å²) in [6.07, 6.45) is 0.473. The van der Waals surface area contributed by atoms with E-state index in [4.69, 9.17) is 4.74 Å². The molecule has 11 heteroatoms. The molecule has 3 aliphatic rings. The van der Waals surface area contributed by atoms with Crippen LogP contribution in [0.3, 0.4) is 0 Å². The van der Waals surface area contributed by atoms with Crippen LogP contribution in [0.15, 0.2) is 48.5 Å². The molecule has 2 saturated heterocycles. The van der Waals surface area contributed by atoms with Gasteiger partial charge in [0.25, 0.3) is 11.6 Å². The fourth-order valence-electron chi connectivity index (χ4n) is 6.92. The summed E-state index contributed by atoms with van der Waals surface area (Å²) < 4.78 is 22.6. The van der Waals surface area contributed by atoms with Crippen LogP contribution in [0, 0.1) is 16.0 Å². The number of halogens is 1. The van der Waals surface area contributed by atoms with Crippen LogP contribution >= 0.6 is 0 Å². The first kappa shape index (κ1) is 27.4. The van der Waals surface area contributed by atoms with Gasteiger partial charge in [-0.2, -0.15) is 0 Å². The van der Waals surface area contributed by atoms with Crippen molar-refractivity contribution in [3.63, 3.8) is 0 Å². The summed E-state index contributed by atoms with van der Waals surface area (Å²) in [4.78, 5) is 42.1. The van der Waals surface area contributed by atoms with Gasteiger partial charge in [-0.05, 0) is 37.6 Å². The van der Waals surface area contributed by atoms with E-state index in [9.17, 15) is 24.8 Å². The first-order chi connectivity index (χ1) is 18.5. The number of carbonyl (C=O) groups excluding carboxylic acids is 2. The molecule has 2 aromatic rings. The van der Waals surface area contributed by atoms with E-state index in [2.05, 4.69) is 0 Å². The molecule has 0 saturated carbocycles. The van der Waals surface area contributed by atoms with Gasteiger partial charge in [0.15, 0.2) is 5.60 Å². The number of aliphatic hydroxyl groups excluding tert-OH is 1.